The highest BCUT2D eigenvalue weighted by Crippen LogP contribution is 2.36. The van der Waals surface area contributed by atoms with Gasteiger partial charge in [0.05, 0.1) is 25.0 Å². The van der Waals surface area contributed by atoms with Crippen molar-refractivity contribution < 1.29 is 9.26 Å². The van der Waals surface area contributed by atoms with Crippen LogP contribution in [0.4, 0.5) is 5.69 Å². The maximum absolute atomic E-state index is 5.50. The Hall–Kier alpha value is -1.97. The van der Waals surface area contributed by atoms with Crippen LogP contribution in [0.5, 0.6) is 5.75 Å². The third-order valence-corrected chi connectivity index (χ3v) is 3.52. The third-order valence-electron chi connectivity index (χ3n) is 3.52. The zero-order valence-electron chi connectivity index (χ0n) is 11.3. The Morgan fingerprint density at radius 1 is 1.42 bits per heavy atom. The molecule has 2 aromatic rings. The summed E-state index contributed by atoms with van der Waals surface area (Å²) in [6.45, 7) is 3.71. The molecule has 4 nitrogen and oxygen atoms in total. The van der Waals surface area contributed by atoms with E-state index in [1.807, 2.05) is 19.1 Å². The number of hydrogen-bond acceptors (Lipinski definition) is 4. The maximum Gasteiger partial charge on any atom is 0.156 e. The van der Waals surface area contributed by atoms with Crippen molar-refractivity contribution in [3.63, 3.8) is 0 Å². The van der Waals surface area contributed by atoms with Crippen LogP contribution in [0.3, 0.4) is 0 Å². The van der Waals surface area contributed by atoms with Crippen LogP contribution in [0.25, 0.3) is 0 Å². The number of aromatic nitrogens is 1. The minimum atomic E-state index is 0.744. The third kappa shape index (κ3) is 2.30. The summed E-state index contributed by atoms with van der Waals surface area (Å²) in [5.74, 6) is 1.84. The molecule has 0 saturated heterocycles. The molecule has 0 aliphatic carbocycles. The molecule has 0 radical (unpaired) electrons. The van der Waals surface area contributed by atoms with Gasteiger partial charge >= 0.3 is 0 Å². The molecule has 0 atom stereocenters. The summed E-state index contributed by atoms with van der Waals surface area (Å²) in [6, 6.07) is 8.24. The second-order valence-electron chi connectivity index (χ2n) is 4.93. The van der Waals surface area contributed by atoms with Gasteiger partial charge in [-0.15, -0.1) is 0 Å². The van der Waals surface area contributed by atoms with Crippen molar-refractivity contribution in [2.75, 3.05) is 18.6 Å². The van der Waals surface area contributed by atoms with Gasteiger partial charge in [-0.05, 0) is 31.4 Å². The number of methoxy groups -OCH3 is 1. The van der Waals surface area contributed by atoms with Crippen LogP contribution >= 0.6 is 0 Å². The van der Waals surface area contributed by atoms with Gasteiger partial charge < -0.3 is 14.2 Å². The quantitative estimate of drug-likeness (QED) is 0.848. The molecule has 19 heavy (non-hydrogen) atoms. The molecule has 0 unspecified atom stereocenters. The van der Waals surface area contributed by atoms with E-state index in [9.17, 15) is 0 Å². The minimum absolute atomic E-state index is 0.744. The Labute approximate surface area is 113 Å². The van der Waals surface area contributed by atoms with E-state index in [0.717, 1.165) is 43.1 Å². The number of benzene rings is 1. The number of anilines is 1. The lowest BCUT2D eigenvalue weighted by Gasteiger charge is -2.31. The van der Waals surface area contributed by atoms with Crippen molar-refractivity contribution >= 4 is 5.69 Å². The lowest BCUT2D eigenvalue weighted by atomic mass is 10.0. The molecule has 0 fully saturated rings. The molecular weight excluding hydrogens is 240 g/mol. The van der Waals surface area contributed by atoms with Crippen LogP contribution < -0.4 is 9.64 Å². The van der Waals surface area contributed by atoms with E-state index in [0.29, 0.717) is 0 Å². The average Bonchev–Trinajstić information content (AvgIpc) is 2.84. The van der Waals surface area contributed by atoms with E-state index in [1.165, 1.54) is 11.3 Å². The maximum atomic E-state index is 5.50. The fourth-order valence-electron chi connectivity index (χ4n) is 2.70. The Bertz CT molecular complexity index is 563. The summed E-state index contributed by atoms with van der Waals surface area (Å²) in [5.41, 5.74) is 3.47. The largest absolute Gasteiger partial charge is 0.495 e. The van der Waals surface area contributed by atoms with E-state index >= 15 is 0 Å². The van der Waals surface area contributed by atoms with Crippen molar-refractivity contribution in [3.8, 4) is 5.75 Å². The van der Waals surface area contributed by atoms with E-state index < -0.39 is 0 Å². The minimum Gasteiger partial charge on any atom is -0.495 e. The molecule has 3 rings (SSSR count). The zero-order chi connectivity index (χ0) is 13.2. The number of fused-ring (bicyclic) bond motifs is 1. The number of nitrogens with zero attached hydrogens (tertiary/aromatic N) is 2. The van der Waals surface area contributed by atoms with Gasteiger partial charge in [0.25, 0.3) is 0 Å². The van der Waals surface area contributed by atoms with Crippen molar-refractivity contribution in [1.82, 2.24) is 5.16 Å². The first-order chi connectivity index (χ1) is 9.28. The molecule has 1 aliphatic rings. The fraction of sp³-hybridized carbons (Fsp3) is 0.400. The highest BCUT2D eigenvalue weighted by molar-refractivity contribution is 5.65. The van der Waals surface area contributed by atoms with Gasteiger partial charge in [0, 0.05) is 12.6 Å². The summed E-state index contributed by atoms with van der Waals surface area (Å²) in [4.78, 5) is 2.32. The number of para-hydroxylation sites is 1. The van der Waals surface area contributed by atoms with Crippen LogP contribution in [0, 0.1) is 6.92 Å². The summed E-state index contributed by atoms with van der Waals surface area (Å²) >= 11 is 0. The Morgan fingerprint density at radius 2 is 2.32 bits per heavy atom. The molecule has 1 aromatic carbocycles. The molecular formula is C15H18N2O2. The Morgan fingerprint density at radius 3 is 3.05 bits per heavy atom. The van der Waals surface area contributed by atoms with Gasteiger partial charge in [-0.1, -0.05) is 17.3 Å². The average molecular weight is 258 g/mol. The highest BCUT2D eigenvalue weighted by atomic mass is 16.5. The molecule has 0 amide bonds. The van der Waals surface area contributed by atoms with Gasteiger partial charge in [0.2, 0.25) is 0 Å². The topological polar surface area (TPSA) is 38.5 Å². The molecule has 0 spiro atoms. The summed E-state index contributed by atoms with van der Waals surface area (Å²) < 4.78 is 10.8. The Balaban J connectivity index is 1.93. The second kappa shape index (κ2) is 4.96. The summed E-state index contributed by atoms with van der Waals surface area (Å²) in [7, 11) is 1.72. The molecule has 0 saturated carbocycles. The van der Waals surface area contributed by atoms with Crippen molar-refractivity contribution in [3.05, 3.63) is 41.3 Å². The van der Waals surface area contributed by atoms with Gasteiger partial charge in [-0.3, -0.25) is 0 Å². The first-order valence-electron chi connectivity index (χ1n) is 6.61. The van der Waals surface area contributed by atoms with E-state index in [2.05, 4.69) is 22.2 Å². The molecule has 0 N–H and O–H groups in total. The molecule has 4 heteroatoms. The van der Waals surface area contributed by atoms with Crippen LogP contribution in [0.15, 0.2) is 28.8 Å². The van der Waals surface area contributed by atoms with E-state index in [-0.39, 0.29) is 0 Å². The molecule has 1 aliphatic heterocycles. The van der Waals surface area contributed by atoms with Gasteiger partial charge in [0.1, 0.15) is 5.75 Å². The zero-order valence-corrected chi connectivity index (χ0v) is 11.3. The van der Waals surface area contributed by atoms with Crippen LogP contribution in [-0.4, -0.2) is 18.8 Å². The summed E-state index contributed by atoms with van der Waals surface area (Å²) in [5, 5.41) is 3.95. The lowest BCUT2D eigenvalue weighted by Crippen LogP contribution is -2.29. The summed E-state index contributed by atoms with van der Waals surface area (Å²) in [6.07, 6.45) is 2.27. The van der Waals surface area contributed by atoms with Gasteiger partial charge in [-0.25, -0.2) is 0 Å². The number of ether oxygens (including phenoxy) is 1. The molecule has 1 aromatic heterocycles. The van der Waals surface area contributed by atoms with Crippen molar-refractivity contribution in [1.29, 1.82) is 0 Å². The SMILES string of the molecule is COc1cccc2c1N(Cc1cc(C)no1)CCC2. The van der Waals surface area contributed by atoms with Crippen LogP contribution in [0.1, 0.15) is 23.4 Å². The second-order valence-corrected chi connectivity index (χ2v) is 4.93. The van der Waals surface area contributed by atoms with E-state index in [1.54, 1.807) is 7.11 Å². The Kier molecular flexibility index (Phi) is 3.15. The van der Waals surface area contributed by atoms with E-state index in [4.69, 9.17) is 9.26 Å². The normalized spacial score (nSPS) is 14.3. The monoisotopic (exact) mass is 258 g/mol. The number of aryl methyl sites for hydroxylation is 2. The first-order valence-corrected chi connectivity index (χ1v) is 6.61. The smallest absolute Gasteiger partial charge is 0.156 e. The highest BCUT2D eigenvalue weighted by Gasteiger charge is 2.21. The van der Waals surface area contributed by atoms with Crippen molar-refractivity contribution in [2.45, 2.75) is 26.3 Å². The standard InChI is InChI=1S/C15H18N2O2/c1-11-9-13(19-16-11)10-17-8-4-6-12-5-3-7-14(18-2)15(12)17/h3,5,7,9H,4,6,8,10H2,1-2H3. The van der Waals surface area contributed by atoms with Crippen LogP contribution in [0.2, 0.25) is 0 Å². The molecule has 100 valence electrons. The van der Waals surface area contributed by atoms with Gasteiger partial charge in [-0.2, -0.15) is 0 Å². The van der Waals surface area contributed by atoms with Crippen LogP contribution in [-0.2, 0) is 13.0 Å². The predicted molar refractivity (Wildman–Crippen MR) is 73.6 cm³/mol. The first kappa shape index (κ1) is 12.1. The molecule has 0 bridgehead atoms. The molecule has 2 heterocycles. The van der Waals surface area contributed by atoms with Crippen molar-refractivity contribution in [2.24, 2.45) is 0 Å². The fourth-order valence-corrected chi connectivity index (χ4v) is 2.70. The lowest BCUT2D eigenvalue weighted by molar-refractivity contribution is 0.374. The van der Waals surface area contributed by atoms with Gasteiger partial charge in [0.15, 0.2) is 5.76 Å². The number of hydrogen-bond donors (Lipinski definition) is 0. The number of rotatable bonds is 3. The predicted octanol–water partition coefficient (Wildman–Crippen LogP) is 2.94.